The number of aromatic nitrogens is 2. The third-order valence-electron chi connectivity index (χ3n) is 3.30. The second-order valence-electron chi connectivity index (χ2n) is 5.01. The highest BCUT2D eigenvalue weighted by Crippen LogP contribution is 2.19. The monoisotopic (exact) mass is 404 g/mol. The molecule has 0 saturated heterocycles. The van der Waals surface area contributed by atoms with Crippen molar-refractivity contribution in [1.82, 2.24) is 9.55 Å². The van der Waals surface area contributed by atoms with Crippen LogP contribution in [0.1, 0.15) is 5.82 Å². The SMILES string of the molecule is CN(C(=O)C(Cl)Cl)c1ccc(O)cc1.Cc1ncc([N+](=O)[O-])n1CCO. The number of aryl methyl sites for hydroxylation is 1. The number of anilines is 1. The van der Waals surface area contributed by atoms with Gasteiger partial charge in [-0.2, -0.15) is 0 Å². The average molecular weight is 405 g/mol. The van der Waals surface area contributed by atoms with E-state index in [1.54, 1.807) is 26.1 Å². The molecule has 0 spiro atoms. The number of hydrogen-bond acceptors (Lipinski definition) is 6. The summed E-state index contributed by atoms with van der Waals surface area (Å²) in [5.74, 6) is 0.194. The van der Waals surface area contributed by atoms with Crippen molar-refractivity contribution in [2.24, 2.45) is 0 Å². The zero-order chi connectivity index (χ0) is 19.9. The second-order valence-corrected chi connectivity index (χ2v) is 6.11. The Morgan fingerprint density at radius 1 is 1.38 bits per heavy atom. The van der Waals surface area contributed by atoms with E-state index in [0.29, 0.717) is 11.5 Å². The number of imidazole rings is 1. The average Bonchev–Trinajstić information content (AvgIpc) is 2.96. The number of amides is 1. The molecule has 1 aromatic carbocycles. The van der Waals surface area contributed by atoms with E-state index < -0.39 is 15.7 Å². The lowest BCUT2D eigenvalue weighted by molar-refractivity contribution is -0.392. The molecule has 0 fully saturated rings. The quantitative estimate of drug-likeness (QED) is 0.447. The van der Waals surface area contributed by atoms with Crippen molar-refractivity contribution < 1.29 is 19.9 Å². The summed E-state index contributed by atoms with van der Waals surface area (Å²) in [5.41, 5.74) is 0.624. The number of alkyl halides is 2. The molecule has 2 aromatic rings. The van der Waals surface area contributed by atoms with Crippen molar-refractivity contribution in [2.75, 3.05) is 18.6 Å². The van der Waals surface area contributed by atoms with Gasteiger partial charge in [-0.25, -0.2) is 9.55 Å². The normalized spacial score (nSPS) is 10.2. The van der Waals surface area contributed by atoms with E-state index in [9.17, 15) is 14.9 Å². The van der Waals surface area contributed by atoms with Gasteiger partial charge >= 0.3 is 5.82 Å². The Kier molecular flexibility index (Phi) is 8.30. The molecule has 1 aromatic heterocycles. The van der Waals surface area contributed by atoms with Gasteiger partial charge in [0.2, 0.25) is 0 Å². The lowest BCUT2D eigenvalue weighted by Crippen LogP contribution is -2.30. The smallest absolute Gasteiger partial charge is 0.342 e. The molecule has 0 aliphatic heterocycles. The molecule has 1 heterocycles. The van der Waals surface area contributed by atoms with Crippen molar-refractivity contribution in [3.8, 4) is 5.75 Å². The number of carbonyl (C=O) groups excluding carboxylic acids is 1. The Hall–Kier alpha value is -2.36. The minimum atomic E-state index is -1.08. The van der Waals surface area contributed by atoms with Crippen molar-refractivity contribution >= 4 is 40.6 Å². The number of rotatable bonds is 5. The number of benzene rings is 1. The van der Waals surface area contributed by atoms with Gasteiger partial charge in [0.1, 0.15) is 18.5 Å². The summed E-state index contributed by atoms with van der Waals surface area (Å²) in [6, 6.07) is 6.17. The van der Waals surface area contributed by atoms with E-state index >= 15 is 0 Å². The largest absolute Gasteiger partial charge is 0.508 e. The molecule has 9 nitrogen and oxygen atoms in total. The van der Waals surface area contributed by atoms with Gasteiger partial charge in [-0.05, 0) is 29.2 Å². The Bertz CT molecular complexity index is 749. The van der Waals surface area contributed by atoms with Crippen molar-refractivity contribution in [1.29, 1.82) is 0 Å². The summed E-state index contributed by atoms with van der Waals surface area (Å²) in [4.78, 5) is 25.2. The number of aliphatic hydroxyl groups excluding tert-OH is 1. The third kappa shape index (κ3) is 5.87. The van der Waals surface area contributed by atoms with Gasteiger partial charge in [-0.1, -0.05) is 23.2 Å². The summed E-state index contributed by atoms with van der Waals surface area (Å²) >= 11 is 10.9. The van der Waals surface area contributed by atoms with Gasteiger partial charge in [0.15, 0.2) is 10.7 Å². The van der Waals surface area contributed by atoms with Crippen LogP contribution in [0, 0.1) is 17.0 Å². The molecular weight excluding hydrogens is 387 g/mol. The molecule has 0 bridgehead atoms. The van der Waals surface area contributed by atoms with E-state index in [1.807, 2.05) is 0 Å². The van der Waals surface area contributed by atoms with Gasteiger partial charge in [0, 0.05) is 19.7 Å². The standard InChI is InChI=1S/C9H9Cl2NO2.C6H9N3O3/c1-12(9(14)8(10)11)6-2-4-7(13)5-3-6;1-5-7-4-6(9(11)12)8(5)2-3-10/h2-5,8,13H,1H3;4,10H,2-3H2,1H3. The predicted octanol–water partition coefficient (Wildman–Crippen LogP) is 2.25. The summed E-state index contributed by atoms with van der Waals surface area (Å²) in [7, 11) is 1.56. The summed E-state index contributed by atoms with van der Waals surface area (Å²) in [5, 5.41) is 28.0. The summed E-state index contributed by atoms with van der Waals surface area (Å²) < 4.78 is 1.36. The van der Waals surface area contributed by atoms with E-state index in [4.69, 9.17) is 33.4 Å². The molecule has 2 N–H and O–H groups in total. The van der Waals surface area contributed by atoms with Gasteiger partial charge in [0.25, 0.3) is 5.91 Å². The molecule has 11 heteroatoms. The Balaban J connectivity index is 0.000000263. The Labute approximate surface area is 159 Å². The van der Waals surface area contributed by atoms with Crippen LogP contribution >= 0.6 is 23.2 Å². The predicted molar refractivity (Wildman–Crippen MR) is 97.7 cm³/mol. The van der Waals surface area contributed by atoms with Crippen LogP contribution in [0.3, 0.4) is 0 Å². The maximum Gasteiger partial charge on any atom is 0.342 e. The maximum absolute atomic E-state index is 11.3. The second kappa shape index (κ2) is 9.95. The molecule has 0 aliphatic carbocycles. The topological polar surface area (TPSA) is 122 Å². The van der Waals surface area contributed by atoms with E-state index in [1.165, 1.54) is 27.8 Å². The highest BCUT2D eigenvalue weighted by Gasteiger charge is 2.18. The maximum atomic E-state index is 11.3. The molecule has 0 saturated carbocycles. The lowest BCUT2D eigenvalue weighted by Gasteiger charge is -2.17. The Morgan fingerprint density at radius 3 is 2.42 bits per heavy atom. The van der Waals surface area contributed by atoms with Crippen LogP contribution in [0.4, 0.5) is 11.5 Å². The minimum absolute atomic E-state index is 0.0819. The number of aromatic hydroxyl groups is 1. The lowest BCUT2D eigenvalue weighted by atomic mass is 10.3. The fourth-order valence-corrected chi connectivity index (χ4v) is 2.22. The number of phenolic OH excluding ortho intramolecular Hbond substituents is 1. The van der Waals surface area contributed by atoms with Gasteiger partial charge < -0.3 is 25.2 Å². The van der Waals surface area contributed by atoms with Gasteiger partial charge in [-0.3, -0.25) is 4.79 Å². The first-order valence-electron chi connectivity index (χ1n) is 7.31. The fraction of sp³-hybridized carbons (Fsp3) is 0.333. The number of carbonyl (C=O) groups is 1. The molecule has 0 aliphatic rings. The molecule has 0 atom stereocenters. The van der Waals surface area contributed by atoms with Crippen LogP contribution < -0.4 is 4.90 Å². The van der Waals surface area contributed by atoms with E-state index in [-0.39, 0.29) is 24.7 Å². The summed E-state index contributed by atoms with van der Waals surface area (Å²) in [6.45, 7) is 1.74. The van der Waals surface area contributed by atoms with Gasteiger partial charge in [-0.15, -0.1) is 0 Å². The number of aliphatic hydroxyl groups is 1. The van der Waals surface area contributed by atoms with E-state index in [0.717, 1.165) is 0 Å². The van der Waals surface area contributed by atoms with Crippen LogP contribution in [0.5, 0.6) is 5.75 Å². The zero-order valence-electron chi connectivity index (χ0n) is 14.0. The molecule has 1 amide bonds. The molecule has 2 rings (SSSR count). The summed E-state index contributed by atoms with van der Waals surface area (Å²) in [6.07, 6.45) is 1.19. The van der Waals surface area contributed by atoms with Crippen molar-refractivity contribution in [3.05, 3.63) is 46.4 Å². The van der Waals surface area contributed by atoms with Crippen LogP contribution in [0.2, 0.25) is 0 Å². The van der Waals surface area contributed by atoms with Crippen LogP contribution in [0.25, 0.3) is 0 Å². The van der Waals surface area contributed by atoms with Crippen LogP contribution in [-0.2, 0) is 11.3 Å². The first kappa shape index (κ1) is 21.7. The molecule has 0 unspecified atom stereocenters. The first-order valence-corrected chi connectivity index (χ1v) is 8.18. The minimum Gasteiger partial charge on any atom is -0.508 e. The highest BCUT2D eigenvalue weighted by atomic mass is 35.5. The van der Waals surface area contributed by atoms with Crippen LogP contribution in [0.15, 0.2) is 30.5 Å². The molecule has 26 heavy (non-hydrogen) atoms. The molecule has 142 valence electrons. The number of nitrogens with zero attached hydrogens (tertiary/aromatic N) is 4. The zero-order valence-corrected chi connectivity index (χ0v) is 15.6. The van der Waals surface area contributed by atoms with E-state index in [2.05, 4.69) is 4.98 Å². The number of phenols is 1. The fourth-order valence-electron chi connectivity index (χ4n) is 1.93. The third-order valence-corrected chi connectivity index (χ3v) is 3.67. The molecular formula is C15H18Cl2N4O5. The molecule has 0 radical (unpaired) electrons. The van der Waals surface area contributed by atoms with Gasteiger partial charge in [0.05, 0.1) is 6.61 Å². The van der Waals surface area contributed by atoms with Crippen molar-refractivity contribution in [2.45, 2.75) is 18.3 Å². The first-order chi connectivity index (χ1) is 12.2. The Morgan fingerprint density at radius 2 is 1.96 bits per heavy atom. The number of halogens is 2. The number of nitro groups is 1. The highest BCUT2D eigenvalue weighted by molar-refractivity contribution is 6.54. The van der Waals surface area contributed by atoms with Crippen molar-refractivity contribution in [3.63, 3.8) is 0 Å². The number of hydrogen-bond donors (Lipinski definition) is 2. The van der Waals surface area contributed by atoms with Crippen LogP contribution in [-0.4, -0.2) is 49.1 Å².